The molecule has 9 nitrogen and oxygen atoms in total. The number of aromatic amines is 1. The van der Waals surface area contributed by atoms with E-state index in [-0.39, 0.29) is 45.9 Å². The average molecular weight is 387 g/mol. The number of amides is 1. The number of nitrogens with one attached hydrogen (secondary N) is 3. The summed E-state index contributed by atoms with van der Waals surface area (Å²) in [5, 5.41) is 19.0. The van der Waals surface area contributed by atoms with E-state index < -0.39 is 5.56 Å². The average Bonchev–Trinajstić information content (AvgIpc) is 3.16. The molecule has 1 amide bonds. The summed E-state index contributed by atoms with van der Waals surface area (Å²) in [6.45, 7) is 0. The van der Waals surface area contributed by atoms with Crippen LogP contribution < -0.4 is 21.8 Å². The van der Waals surface area contributed by atoms with Gasteiger partial charge in [0.2, 0.25) is 0 Å². The van der Waals surface area contributed by atoms with E-state index in [1.165, 1.54) is 24.1 Å². The first-order valence-electron chi connectivity index (χ1n) is 9.20. The molecule has 1 aromatic heterocycles. The van der Waals surface area contributed by atoms with E-state index in [0.29, 0.717) is 0 Å². The number of aromatic nitrogens is 2. The number of benzene rings is 1. The second-order valence-electron chi connectivity index (χ2n) is 7.21. The monoisotopic (exact) mass is 387 g/mol. The number of aryl methyl sites for hydroxylation is 1. The Kier molecular flexibility index (Phi) is 5.43. The Bertz CT molecular complexity index is 1000. The van der Waals surface area contributed by atoms with Gasteiger partial charge in [-0.25, -0.2) is 0 Å². The molecule has 0 radical (unpaired) electrons. The smallest absolute Gasteiger partial charge is 0.290 e. The lowest BCUT2D eigenvalue weighted by Gasteiger charge is -2.19. The lowest BCUT2D eigenvalue weighted by molar-refractivity contribution is 0.0824. The number of carbonyl (C=O) groups excluding carboxylic acids is 1. The summed E-state index contributed by atoms with van der Waals surface area (Å²) in [5.74, 6) is -0.656. The lowest BCUT2D eigenvalue weighted by atomic mass is 10.1. The van der Waals surface area contributed by atoms with Crippen molar-refractivity contribution in [3.05, 3.63) is 44.5 Å². The molecule has 4 N–H and O–H groups in total. The maximum Gasteiger partial charge on any atom is 0.290 e. The van der Waals surface area contributed by atoms with Crippen molar-refractivity contribution in [2.24, 2.45) is 7.05 Å². The van der Waals surface area contributed by atoms with Crippen LogP contribution in [-0.2, 0) is 7.05 Å². The number of phenolic OH excluding ortho intramolecular Hbond substituents is 1. The van der Waals surface area contributed by atoms with Gasteiger partial charge in [0.05, 0.1) is 11.3 Å². The van der Waals surface area contributed by atoms with Crippen molar-refractivity contribution in [1.29, 1.82) is 0 Å². The molecule has 28 heavy (non-hydrogen) atoms. The fourth-order valence-corrected chi connectivity index (χ4v) is 3.37. The zero-order valence-corrected chi connectivity index (χ0v) is 16.2. The molecule has 0 atom stereocenters. The summed E-state index contributed by atoms with van der Waals surface area (Å²) in [4.78, 5) is 38.8. The Hall–Kier alpha value is -3.23. The van der Waals surface area contributed by atoms with E-state index in [0.717, 1.165) is 30.4 Å². The number of aromatic hydroxyl groups is 1. The summed E-state index contributed by atoms with van der Waals surface area (Å²) in [6.07, 6.45) is 3.99. The predicted molar refractivity (Wildman–Crippen MR) is 108 cm³/mol. The Morgan fingerprint density at radius 3 is 2.54 bits per heavy atom. The Balaban J connectivity index is 2.04. The number of H-pyrrole nitrogens is 1. The summed E-state index contributed by atoms with van der Waals surface area (Å²) >= 11 is 0. The van der Waals surface area contributed by atoms with Gasteiger partial charge in [0.15, 0.2) is 5.75 Å². The number of nitrogens with zero attached hydrogens (tertiary/aromatic N) is 2. The van der Waals surface area contributed by atoms with E-state index in [4.69, 9.17) is 0 Å². The molecule has 0 bridgehead atoms. The first-order valence-corrected chi connectivity index (χ1v) is 9.20. The minimum atomic E-state index is -0.508. The summed E-state index contributed by atoms with van der Waals surface area (Å²) in [7, 11) is 4.63. The van der Waals surface area contributed by atoms with Crippen LogP contribution in [0.25, 0.3) is 0 Å². The van der Waals surface area contributed by atoms with Crippen LogP contribution in [-0.4, -0.2) is 45.8 Å². The predicted octanol–water partition coefficient (Wildman–Crippen LogP) is 1.58. The van der Waals surface area contributed by atoms with Crippen molar-refractivity contribution in [1.82, 2.24) is 14.7 Å². The fraction of sp³-hybridized carbons (Fsp3) is 0.421. The second-order valence-corrected chi connectivity index (χ2v) is 7.21. The highest BCUT2D eigenvalue weighted by atomic mass is 16.3. The van der Waals surface area contributed by atoms with Crippen LogP contribution in [0.2, 0.25) is 0 Å². The number of carbonyl (C=O) groups is 1. The Morgan fingerprint density at radius 1 is 1.21 bits per heavy atom. The van der Waals surface area contributed by atoms with E-state index in [2.05, 4.69) is 15.7 Å². The first-order chi connectivity index (χ1) is 13.3. The summed E-state index contributed by atoms with van der Waals surface area (Å²) in [5.41, 5.74) is -0.455. The van der Waals surface area contributed by atoms with E-state index in [9.17, 15) is 19.5 Å². The number of phenols is 1. The van der Waals surface area contributed by atoms with Crippen LogP contribution in [0.5, 0.6) is 5.75 Å². The van der Waals surface area contributed by atoms with Crippen LogP contribution in [0.1, 0.15) is 36.0 Å². The number of rotatable bonds is 5. The standard InChI is InChI=1S/C19H25N5O4/c1-23(2)18(27)12-9-6-10-13(16(12)25)21-14-15(20-11-7-4-5-8-11)19(28)24(3)22-17(14)26/h6,9-11,20-21,25H,4-5,7-8H2,1-3H3,(H,22,26). The molecule has 9 heteroatoms. The van der Waals surface area contributed by atoms with Crippen LogP contribution in [0.15, 0.2) is 27.8 Å². The summed E-state index contributed by atoms with van der Waals surface area (Å²) < 4.78 is 1.12. The van der Waals surface area contributed by atoms with Crippen LogP contribution >= 0.6 is 0 Å². The van der Waals surface area contributed by atoms with Gasteiger partial charge in [-0.15, -0.1) is 0 Å². The molecule has 0 saturated heterocycles. The highest BCUT2D eigenvalue weighted by Gasteiger charge is 2.22. The van der Waals surface area contributed by atoms with Crippen molar-refractivity contribution >= 4 is 23.0 Å². The summed E-state index contributed by atoms with van der Waals surface area (Å²) in [6, 6.07) is 4.75. The Labute approximate surface area is 162 Å². The van der Waals surface area contributed by atoms with E-state index >= 15 is 0 Å². The first kappa shape index (κ1) is 19.5. The highest BCUT2D eigenvalue weighted by Crippen LogP contribution is 2.32. The fourth-order valence-electron chi connectivity index (χ4n) is 3.37. The number of anilines is 3. The van der Waals surface area contributed by atoms with Gasteiger partial charge in [-0.2, -0.15) is 0 Å². The van der Waals surface area contributed by atoms with Gasteiger partial charge in [0.1, 0.15) is 11.4 Å². The second kappa shape index (κ2) is 7.79. The molecule has 1 heterocycles. The molecular formula is C19H25N5O4. The third-order valence-corrected chi connectivity index (χ3v) is 4.90. The van der Waals surface area contributed by atoms with Crippen LogP contribution in [0, 0.1) is 0 Å². The quantitative estimate of drug-likeness (QED) is 0.578. The maximum atomic E-state index is 12.6. The maximum absolute atomic E-state index is 12.6. The topological polar surface area (TPSA) is 119 Å². The van der Waals surface area contributed by atoms with Gasteiger partial charge in [-0.3, -0.25) is 24.2 Å². The molecule has 150 valence electrons. The molecule has 1 aliphatic rings. The van der Waals surface area contributed by atoms with Crippen LogP contribution in [0.3, 0.4) is 0 Å². The number of hydrogen-bond acceptors (Lipinski definition) is 6. The van der Waals surface area contributed by atoms with E-state index in [1.807, 2.05) is 0 Å². The minimum absolute atomic E-state index is 0.0137. The third kappa shape index (κ3) is 3.73. The van der Waals surface area contributed by atoms with Gasteiger partial charge in [0, 0.05) is 27.2 Å². The molecule has 1 aliphatic carbocycles. The molecule has 0 unspecified atom stereocenters. The number of para-hydroxylation sites is 1. The van der Waals surface area contributed by atoms with Crippen molar-refractivity contribution in [3.8, 4) is 5.75 Å². The van der Waals surface area contributed by atoms with Gasteiger partial charge >= 0.3 is 0 Å². The molecule has 1 aromatic carbocycles. The van der Waals surface area contributed by atoms with E-state index in [1.54, 1.807) is 20.2 Å². The SMILES string of the molecule is CN(C)C(=O)c1cccc(Nc2c(NC3CCCC3)c(=O)n(C)[nH]c2=O)c1O. The van der Waals surface area contributed by atoms with Gasteiger partial charge in [-0.1, -0.05) is 18.9 Å². The normalized spacial score (nSPS) is 14.1. The van der Waals surface area contributed by atoms with Crippen molar-refractivity contribution in [2.75, 3.05) is 24.7 Å². The molecule has 1 fully saturated rings. The Morgan fingerprint density at radius 2 is 1.89 bits per heavy atom. The van der Waals surface area contributed by atoms with Crippen molar-refractivity contribution < 1.29 is 9.90 Å². The largest absolute Gasteiger partial charge is 0.505 e. The zero-order valence-electron chi connectivity index (χ0n) is 16.2. The molecule has 3 rings (SSSR count). The molecule has 0 spiro atoms. The lowest BCUT2D eigenvalue weighted by Crippen LogP contribution is -2.33. The van der Waals surface area contributed by atoms with Gasteiger partial charge < -0.3 is 20.6 Å². The molecule has 1 saturated carbocycles. The highest BCUT2D eigenvalue weighted by molar-refractivity contribution is 5.98. The van der Waals surface area contributed by atoms with Gasteiger partial charge in [-0.05, 0) is 25.0 Å². The van der Waals surface area contributed by atoms with Crippen molar-refractivity contribution in [3.63, 3.8) is 0 Å². The molecule has 2 aromatic rings. The number of hydrogen-bond donors (Lipinski definition) is 4. The third-order valence-electron chi connectivity index (χ3n) is 4.90. The molecular weight excluding hydrogens is 362 g/mol. The molecule has 0 aliphatic heterocycles. The van der Waals surface area contributed by atoms with Crippen LogP contribution in [0.4, 0.5) is 17.1 Å². The van der Waals surface area contributed by atoms with Crippen molar-refractivity contribution in [2.45, 2.75) is 31.7 Å². The minimum Gasteiger partial charge on any atom is -0.505 e. The van der Waals surface area contributed by atoms with Gasteiger partial charge in [0.25, 0.3) is 17.0 Å². The zero-order chi connectivity index (χ0) is 20.4.